The molecule has 2 bridgehead atoms. The largest absolute Gasteiger partial charge is 0.0890 e. The lowest BCUT2D eigenvalue weighted by Gasteiger charge is -2.22. The van der Waals surface area contributed by atoms with Crippen LogP contribution in [-0.2, 0) is 0 Å². The van der Waals surface area contributed by atoms with Crippen molar-refractivity contribution in [3.8, 4) is 0 Å². The average Bonchev–Trinajstić information content (AvgIpc) is 2.11. The minimum atomic E-state index is 0.865. The molecule has 0 heterocycles. The van der Waals surface area contributed by atoms with E-state index in [0.29, 0.717) is 0 Å². The molecular weight excluding hydrogens is 176 g/mol. The van der Waals surface area contributed by atoms with Crippen molar-refractivity contribution < 1.29 is 0 Å². The lowest BCUT2D eigenvalue weighted by atomic mass is 9.89. The van der Waals surface area contributed by atoms with E-state index in [1.165, 1.54) is 25.7 Å². The molecule has 0 unspecified atom stereocenters. The highest BCUT2D eigenvalue weighted by Gasteiger charge is 2.32. The van der Waals surface area contributed by atoms with Gasteiger partial charge in [-0.2, -0.15) is 0 Å². The van der Waals surface area contributed by atoms with Gasteiger partial charge in [-0.1, -0.05) is 28.8 Å². The molecule has 2 fully saturated rings. The van der Waals surface area contributed by atoms with Gasteiger partial charge in [0.25, 0.3) is 0 Å². The normalized spacial score (nSPS) is 49.7. The molecule has 9 heavy (non-hydrogen) atoms. The molecule has 0 N–H and O–H groups in total. The van der Waals surface area contributed by atoms with Crippen molar-refractivity contribution in [2.24, 2.45) is 11.8 Å². The maximum Gasteiger partial charge on any atom is 0.0151 e. The van der Waals surface area contributed by atoms with Crippen LogP contribution >= 0.6 is 15.9 Å². The predicted octanol–water partition coefficient (Wildman–Crippen LogP) is 2.96. The molecule has 2 aliphatic carbocycles. The molecular formula is C8H13Br. The smallest absolute Gasteiger partial charge is 0.0151 e. The molecule has 0 aliphatic heterocycles. The van der Waals surface area contributed by atoms with E-state index in [1.807, 2.05) is 0 Å². The van der Waals surface area contributed by atoms with Crippen molar-refractivity contribution in [1.82, 2.24) is 0 Å². The number of fused-ring (bicyclic) bond motifs is 2. The Balaban J connectivity index is 2.03. The fraction of sp³-hybridized carbons (Fsp3) is 1.00. The van der Waals surface area contributed by atoms with Crippen LogP contribution in [0.2, 0.25) is 0 Å². The van der Waals surface area contributed by atoms with Gasteiger partial charge in [0.15, 0.2) is 0 Å². The third-order valence-electron chi connectivity index (χ3n) is 2.83. The Kier molecular flexibility index (Phi) is 1.56. The summed E-state index contributed by atoms with van der Waals surface area (Å²) in [5.41, 5.74) is 0. The van der Waals surface area contributed by atoms with Crippen LogP contribution < -0.4 is 0 Å². The van der Waals surface area contributed by atoms with E-state index in [9.17, 15) is 0 Å². The van der Waals surface area contributed by atoms with Crippen LogP contribution in [0.5, 0.6) is 0 Å². The summed E-state index contributed by atoms with van der Waals surface area (Å²) in [7, 11) is 0. The molecule has 0 radical (unpaired) electrons. The first kappa shape index (κ1) is 6.21. The minimum absolute atomic E-state index is 0.865. The predicted molar refractivity (Wildman–Crippen MR) is 42.8 cm³/mol. The Labute approximate surface area is 65.1 Å². The lowest BCUT2D eigenvalue weighted by Crippen LogP contribution is -2.14. The van der Waals surface area contributed by atoms with Crippen LogP contribution in [0.4, 0.5) is 0 Å². The van der Waals surface area contributed by atoms with Crippen molar-refractivity contribution in [3.05, 3.63) is 0 Å². The fourth-order valence-corrected chi connectivity index (χ4v) is 3.48. The molecule has 2 rings (SSSR count). The highest BCUT2D eigenvalue weighted by molar-refractivity contribution is 9.09. The summed E-state index contributed by atoms with van der Waals surface area (Å²) in [5.74, 6) is 2.18. The fourth-order valence-electron chi connectivity index (χ4n) is 2.43. The van der Waals surface area contributed by atoms with Crippen LogP contribution in [0.15, 0.2) is 0 Å². The van der Waals surface area contributed by atoms with E-state index in [4.69, 9.17) is 0 Å². The number of hydrogen-bond acceptors (Lipinski definition) is 0. The summed E-state index contributed by atoms with van der Waals surface area (Å²) in [6, 6.07) is 0. The second kappa shape index (κ2) is 2.26. The molecule has 2 aliphatic rings. The second-order valence-corrected chi connectivity index (χ2v) is 4.91. The maximum atomic E-state index is 3.71. The van der Waals surface area contributed by atoms with Crippen molar-refractivity contribution in [1.29, 1.82) is 0 Å². The quantitative estimate of drug-likeness (QED) is 0.514. The molecule has 0 aromatic rings. The highest BCUT2D eigenvalue weighted by atomic mass is 79.9. The minimum Gasteiger partial charge on any atom is -0.0890 e. The summed E-state index contributed by atoms with van der Waals surface area (Å²) in [6.45, 7) is 0. The maximum absolute atomic E-state index is 3.71. The van der Waals surface area contributed by atoms with Gasteiger partial charge in [-0.25, -0.2) is 0 Å². The second-order valence-electron chi connectivity index (χ2n) is 3.61. The Morgan fingerprint density at radius 1 is 0.889 bits per heavy atom. The highest BCUT2D eigenvalue weighted by Crippen LogP contribution is 2.44. The first-order chi connectivity index (χ1) is 4.34. The van der Waals surface area contributed by atoms with Crippen molar-refractivity contribution in [2.45, 2.75) is 36.9 Å². The molecule has 0 nitrogen and oxygen atoms in total. The zero-order valence-corrected chi connectivity index (χ0v) is 7.23. The molecule has 2 atom stereocenters. The van der Waals surface area contributed by atoms with Crippen LogP contribution in [0.3, 0.4) is 0 Å². The average molecular weight is 189 g/mol. The van der Waals surface area contributed by atoms with Crippen LogP contribution in [-0.4, -0.2) is 4.83 Å². The van der Waals surface area contributed by atoms with E-state index in [0.717, 1.165) is 16.7 Å². The topological polar surface area (TPSA) is 0 Å². The van der Waals surface area contributed by atoms with E-state index in [1.54, 1.807) is 6.42 Å². The first-order valence-corrected chi connectivity index (χ1v) is 4.90. The van der Waals surface area contributed by atoms with Crippen LogP contribution in [0.25, 0.3) is 0 Å². The van der Waals surface area contributed by atoms with Gasteiger partial charge in [-0.15, -0.1) is 0 Å². The van der Waals surface area contributed by atoms with Crippen LogP contribution in [0.1, 0.15) is 32.1 Å². The Bertz CT molecular complexity index is 99.1. The lowest BCUT2D eigenvalue weighted by molar-refractivity contribution is 0.372. The van der Waals surface area contributed by atoms with Crippen molar-refractivity contribution in [2.75, 3.05) is 0 Å². The molecule has 1 heteroatoms. The van der Waals surface area contributed by atoms with Gasteiger partial charge in [0.2, 0.25) is 0 Å². The van der Waals surface area contributed by atoms with Gasteiger partial charge in [-0.3, -0.25) is 0 Å². The van der Waals surface area contributed by atoms with Gasteiger partial charge in [0, 0.05) is 4.83 Å². The Hall–Kier alpha value is 0.480. The third-order valence-corrected chi connectivity index (χ3v) is 3.58. The van der Waals surface area contributed by atoms with E-state index >= 15 is 0 Å². The van der Waals surface area contributed by atoms with E-state index in [2.05, 4.69) is 15.9 Å². The molecule has 0 spiro atoms. The van der Waals surface area contributed by atoms with Gasteiger partial charge in [0.1, 0.15) is 0 Å². The number of halogens is 1. The summed E-state index contributed by atoms with van der Waals surface area (Å²) in [5, 5.41) is 0. The van der Waals surface area contributed by atoms with E-state index in [-0.39, 0.29) is 0 Å². The first-order valence-electron chi connectivity index (χ1n) is 3.98. The number of rotatable bonds is 0. The van der Waals surface area contributed by atoms with E-state index < -0.39 is 0 Å². The van der Waals surface area contributed by atoms with Gasteiger partial charge in [-0.05, 0) is 31.1 Å². The number of hydrogen-bond donors (Lipinski definition) is 0. The van der Waals surface area contributed by atoms with Crippen molar-refractivity contribution in [3.63, 3.8) is 0 Å². The van der Waals surface area contributed by atoms with Crippen LogP contribution in [0, 0.1) is 11.8 Å². The monoisotopic (exact) mass is 188 g/mol. The summed E-state index contributed by atoms with van der Waals surface area (Å²) >= 11 is 3.71. The van der Waals surface area contributed by atoms with Gasteiger partial charge >= 0.3 is 0 Å². The van der Waals surface area contributed by atoms with Gasteiger partial charge in [0.05, 0.1) is 0 Å². The summed E-state index contributed by atoms with van der Waals surface area (Å²) in [6.07, 6.45) is 7.49. The Morgan fingerprint density at radius 2 is 1.44 bits per heavy atom. The molecule has 0 aromatic carbocycles. The summed E-state index contributed by atoms with van der Waals surface area (Å²) < 4.78 is 0. The molecule has 52 valence electrons. The molecule has 0 amide bonds. The molecule has 2 saturated carbocycles. The standard InChI is InChI=1S/C8H13Br/c9-8-4-6-1-2-7(3-6)5-8/h6-8H,1-5H2/t6-,7-/m0/s1. The SMILES string of the molecule is BrC1C[C@H]2CC[C@H](C1)C2. The van der Waals surface area contributed by atoms with Gasteiger partial charge < -0.3 is 0 Å². The number of alkyl halides is 1. The molecule has 0 aromatic heterocycles. The third kappa shape index (κ3) is 1.17. The Morgan fingerprint density at radius 3 is 2.00 bits per heavy atom. The van der Waals surface area contributed by atoms with Crippen molar-refractivity contribution >= 4 is 15.9 Å². The zero-order valence-electron chi connectivity index (χ0n) is 5.65. The summed E-state index contributed by atoms with van der Waals surface area (Å²) in [4.78, 5) is 0.865. The molecule has 0 saturated heterocycles. The zero-order chi connectivity index (χ0) is 6.27.